The van der Waals surface area contributed by atoms with E-state index in [0.29, 0.717) is 0 Å². The van der Waals surface area contributed by atoms with Crippen LogP contribution in [0.1, 0.15) is 29.9 Å². The zero-order valence-electron chi connectivity index (χ0n) is 12.1. The molecule has 2 N–H and O–H groups in total. The summed E-state index contributed by atoms with van der Waals surface area (Å²) in [5.41, 5.74) is 9.94. The summed E-state index contributed by atoms with van der Waals surface area (Å²) in [4.78, 5) is 6.60. The van der Waals surface area contributed by atoms with Gasteiger partial charge in [0, 0.05) is 18.8 Å². The number of hydrogen-bond acceptors (Lipinski definition) is 3. The van der Waals surface area contributed by atoms with Crippen LogP contribution in [0.2, 0.25) is 5.02 Å². The third-order valence-electron chi connectivity index (χ3n) is 3.25. The van der Waals surface area contributed by atoms with E-state index in [4.69, 9.17) is 17.3 Å². The predicted octanol–water partition coefficient (Wildman–Crippen LogP) is 3.70. The highest BCUT2D eigenvalue weighted by atomic mass is 35.5. The molecular formula is C16H20ClN3. The lowest BCUT2D eigenvalue weighted by molar-refractivity contribution is 0.816. The Hall–Kier alpha value is -1.58. The molecule has 0 aliphatic heterocycles. The number of nitrogens with two attached hydrogens (primary N) is 1. The van der Waals surface area contributed by atoms with Gasteiger partial charge in [0.05, 0.1) is 22.9 Å². The first-order valence-corrected chi connectivity index (χ1v) is 7.04. The van der Waals surface area contributed by atoms with Crippen molar-refractivity contribution in [2.75, 3.05) is 11.9 Å². The number of hydrogen-bond donors (Lipinski definition) is 1. The molecule has 0 amide bonds. The SMILES string of the molecule is Cc1cccc(CN(C)c2ccc([C@@H](C)N)cc2Cl)n1. The summed E-state index contributed by atoms with van der Waals surface area (Å²) in [6.45, 7) is 4.67. The highest BCUT2D eigenvalue weighted by Gasteiger charge is 2.09. The lowest BCUT2D eigenvalue weighted by atomic mass is 10.1. The van der Waals surface area contributed by atoms with Crippen LogP contribution in [-0.2, 0) is 6.54 Å². The van der Waals surface area contributed by atoms with Crippen molar-refractivity contribution in [3.63, 3.8) is 0 Å². The Labute approximate surface area is 125 Å². The Bertz CT molecular complexity index is 596. The highest BCUT2D eigenvalue weighted by Crippen LogP contribution is 2.28. The van der Waals surface area contributed by atoms with Crippen LogP contribution in [0.25, 0.3) is 0 Å². The van der Waals surface area contributed by atoms with Gasteiger partial charge in [0.15, 0.2) is 0 Å². The molecule has 0 saturated heterocycles. The van der Waals surface area contributed by atoms with Gasteiger partial charge in [0.1, 0.15) is 0 Å². The molecule has 3 nitrogen and oxygen atoms in total. The van der Waals surface area contributed by atoms with Crippen molar-refractivity contribution >= 4 is 17.3 Å². The molecule has 4 heteroatoms. The quantitative estimate of drug-likeness (QED) is 0.933. The lowest BCUT2D eigenvalue weighted by Gasteiger charge is -2.21. The van der Waals surface area contributed by atoms with Gasteiger partial charge in [0.2, 0.25) is 0 Å². The minimum Gasteiger partial charge on any atom is -0.367 e. The Kier molecular flexibility index (Phi) is 4.63. The average molecular weight is 290 g/mol. The molecule has 0 spiro atoms. The molecule has 106 valence electrons. The summed E-state index contributed by atoms with van der Waals surface area (Å²) in [5, 5.41) is 0.718. The van der Waals surface area contributed by atoms with Gasteiger partial charge in [-0.05, 0) is 43.7 Å². The Balaban J connectivity index is 2.19. The van der Waals surface area contributed by atoms with E-state index in [2.05, 4.69) is 9.88 Å². The summed E-state index contributed by atoms with van der Waals surface area (Å²) in [7, 11) is 2.01. The van der Waals surface area contributed by atoms with Crippen LogP contribution in [0.3, 0.4) is 0 Å². The third kappa shape index (κ3) is 3.50. The van der Waals surface area contributed by atoms with Crippen molar-refractivity contribution in [1.29, 1.82) is 0 Å². The van der Waals surface area contributed by atoms with E-state index in [9.17, 15) is 0 Å². The van der Waals surface area contributed by atoms with E-state index in [1.165, 1.54) is 0 Å². The number of benzene rings is 1. The van der Waals surface area contributed by atoms with E-state index in [-0.39, 0.29) is 6.04 Å². The fourth-order valence-corrected chi connectivity index (χ4v) is 2.46. The average Bonchev–Trinajstić information content (AvgIpc) is 2.38. The second kappa shape index (κ2) is 6.25. The zero-order valence-corrected chi connectivity index (χ0v) is 12.9. The Morgan fingerprint density at radius 1 is 1.30 bits per heavy atom. The number of anilines is 1. The molecule has 1 aromatic heterocycles. The zero-order chi connectivity index (χ0) is 14.7. The van der Waals surface area contributed by atoms with Crippen molar-refractivity contribution in [3.05, 3.63) is 58.4 Å². The van der Waals surface area contributed by atoms with Crippen LogP contribution < -0.4 is 10.6 Å². The summed E-state index contributed by atoms with van der Waals surface area (Å²) in [6, 6.07) is 12.0. The van der Waals surface area contributed by atoms with Gasteiger partial charge < -0.3 is 10.6 Å². The molecule has 1 aromatic carbocycles. The van der Waals surface area contributed by atoms with Crippen molar-refractivity contribution in [2.24, 2.45) is 5.73 Å². The molecule has 20 heavy (non-hydrogen) atoms. The minimum atomic E-state index is -0.00899. The van der Waals surface area contributed by atoms with Crippen molar-refractivity contribution in [2.45, 2.75) is 26.4 Å². The van der Waals surface area contributed by atoms with Crippen LogP contribution in [0.15, 0.2) is 36.4 Å². The molecule has 0 bridgehead atoms. The predicted molar refractivity (Wildman–Crippen MR) is 85.1 cm³/mol. The standard InChI is InChI=1S/C16H20ClN3/c1-11-5-4-6-14(19-11)10-20(3)16-8-7-13(12(2)18)9-15(16)17/h4-9,12H,10,18H2,1-3H3/t12-/m1/s1. The van der Waals surface area contributed by atoms with E-state index >= 15 is 0 Å². The van der Waals surface area contributed by atoms with Gasteiger partial charge >= 0.3 is 0 Å². The molecule has 0 saturated carbocycles. The van der Waals surface area contributed by atoms with Crippen molar-refractivity contribution in [1.82, 2.24) is 4.98 Å². The summed E-state index contributed by atoms with van der Waals surface area (Å²) >= 11 is 6.35. The second-order valence-electron chi connectivity index (χ2n) is 5.13. The largest absolute Gasteiger partial charge is 0.367 e. The Morgan fingerprint density at radius 3 is 2.65 bits per heavy atom. The molecule has 0 radical (unpaired) electrons. The lowest BCUT2D eigenvalue weighted by Crippen LogP contribution is -2.18. The normalized spacial score (nSPS) is 12.2. The number of aromatic nitrogens is 1. The van der Waals surface area contributed by atoms with Crippen LogP contribution in [0.5, 0.6) is 0 Å². The Morgan fingerprint density at radius 2 is 2.05 bits per heavy atom. The van der Waals surface area contributed by atoms with Crippen LogP contribution >= 0.6 is 11.6 Å². The van der Waals surface area contributed by atoms with Gasteiger partial charge in [-0.3, -0.25) is 4.98 Å². The van der Waals surface area contributed by atoms with Crippen molar-refractivity contribution < 1.29 is 0 Å². The smallest absolute Gasteiger partial charge is 0.0642 e. The number of rotatable bonds is 4. The molecule has 2 aromatic rings. The molecule has 1 heterocycles. The number of nitrogens with zero attached hydrogens (tertiary/aromatic N) is 2. The van der Waals surface area contributed by atoms with Gasteiger partial charge in [0.25, 0.3) is 0 Å². The number of halogens is 1. The minimum absolute atomic E-state index is 0.00899. The maximum Gasteiger partial charge on any atom is 0.0642 e. The van der Waals surface area contributed by atoms with Gasteiger partial charge in [-0.1, -0.05) is 23.7 Å². The first kappa shape index (κ1) is 14.8. The molecule has 0 fully saturated rings. The third-order valence-corrected chi connectivity index (χ3v) is 3.56. The maximum atomic E-state index is 6.35. The molecule has 0 unspecified atom stereocenters. The van der Waals surface area contributed by atoms with E-state index in [1.807, 2.05) is 57.3 Å². The summed E-state index contributed by atoms with van der Waals surface area (Å²) < 4.78 is 0. The van der Waals surface area contributed by atoms with E-state index in [0.717, 1.165) is 34.2 Å². The first-order chi connectivity index (χ1) is 9.47. The monoisotopic (exact) mass is 289 g/mol. The van der Waals surface area contributed by atoms with Crippen LogP contribution in [-0.4, -0.2) is 12.0 Å². The fraction of sp³-hybridized carbons (Fsp3) is 0.312. The topological polar surface area (TPSA) is 42.1 Å². The summed E-state index contributed by atoms with van der Waals surface area (Å²) in [5.74, 6) is 0. The molecule has 0 aliphatic carbocycles. The first-order valence-electron chi connectivity index (χ1n) is 6.66. The van der Waals surface area contributed by atoms with Gasteiger partial charge in [-0.15, -0.1) is 0 Å². The summed E-state index contributed by atoms with van der Waals surface area (Å²) in [6.07, 6.45) is 0. The second-order valence-corrected chi connectivity index (χ2v) is 5.53. The van der Waals surface area contributed by atoms with E-state index < -0.39 is 0 Å². The van der Waals surface area contributed by atoms with Crippen LogP contribution in [0.4, 0.5) is 5.69 Å². The maximum absolute atomic E-state index is 6.35. The number of aryl methyl sites for hydroxylation is 1. The van der Waals surface area contributed by atoms with Crippen LogP contribution in [0, 0.1) is 6.92 Å². The molecule has 1 atom stereocenters. The molecular weight excluding hydrogens is 270 g/mol. The molecule has 0 aliphatic rings. The molecule has 2 rings (SSSR count). The van der Waals surface area contributed by atoms with Gasteiger partial charge in [-0.25, -0.2) is 0 Å². The fourth-order valence-electron chi connectivity index (χ4n) is 2.13. The van der Waals surface area contributed by atoms with Gasteiger partial charge in [-0.2, -0.15) is 0 Å². The van der Waals surface area contributed by atoms with E-state index in [1.54, 1.807) is 0 Å². The highest BCUT2D eigenvalue weighted by molar-refractivity contribution is 6.33. The van der Waals surface area contributed by atoms with Crippen molar-refractivity contribution in [3.8, 4) is 0 Å². The number of pyridine rings is 1.